The number of furan rings is 1. The van der Waals surface area contributed by atoms with E-state index in [1.165, 1.54) is 23.1 Å². The van der Waals surface area contributed by atoms with E-state index in [4.69, 9.17) is 4.42 Å². The van der Waals surface area contributed by atoms with Gasteiger partial charge >= 0.3 is 0 Å². The van der Waals surface area contributed by atoms with Crippen LogP contribution in [0.2, 0.25) is 0 Å². The molecule has 2 aromatic rings. The molecule has 1 fully saturated rings. The number of amides is 1. The molecule has 0 spiro atoms. The van der Waals surface area contributed by atoms with Crippen LogP contribution in [0.3, 0.4) is 0 Å². The molecule has 1 heterocycles. The first-order chi connectivity index (χ1) is 10.4. The van der Waals surface area contributed by atoms with Gasteiger partial charge in [0, 0.05) is 18.0 Å². The molecule has 22 heavy (non-hydrogen) atoms. The van der Waals surface area contributed by atoms with Gasteiger partial charge in [0.25, 0.3) is 5.91 Å². The van der Waals surface area contributed by atoms with Gasteiger partial charge in [0.05, 0.1) is 12.1 Å². The highest BCUT2D eigenvalue weighted by molar-refractivity contribution is 5.99. The van der Waals surface area contributed by atoms with Gasteiger partial charge in [0.15, 0.2) is 5.76 Å². The Morgan fingerprint density at radius 3 is 2.73 bits per heavy atom. The second-order valence-corrected chi connectivity index (χ2v) is 5.82. The zero-order chi connectivity index (χ0) is 16.0. The van der Waals surface area contributed by atoms with Crippen molar-refractivity contribution in [1.29, 1.82) is 0 Å². The number of aliphatic hydroxyl groups is 2. The van der Waals surface area contributed by atoms with Crippen LogP contribution in [-0.4, -0.2) is 46.3 Å². The number of nitrogens with zero attached hydrogens (tertiary/aromatic N) is 1. The first-order valence-electron chi connectivity index (χ1n) is 7.22. The molecule has 1 aliphatic carbocycles. The molecule has 0 unspecified atom stereocenters. The third-order valence-corrected chi connectivity index (χ3v) is 4.46. The number of likely N-dealkylation sites (N-methyl/N-ethyl adjacent to an activating group) is 1. The van der Waals surface area contributed by atoms with Crippen molar-refractivity contribution in [2.24, 2.45) is 0 Å². The van der Waals surface area contributed by atoms with Gasteiger partial charge in [-0.1, -0.05) is 0 Å². The van der Waals surface area contributed by atoms with E-state index in [2.05, 4.69) is 0 Å². The van der Waals surface area contributed by atoms with Gasteiger partial charge in [0.1, 0.15) is 17.5 Å². The third kappa shape index (κ3) is 2.28. The summed E-state index contributed by atoms with van der Waals surface area (Å²) in [6, 6.07) is 3.65. The molecular formula is C16H18FNO4. The van der Waals surface area contributed by atoms with Crippen LogP contribution >= 0.6 is 0 Å². The lowest BCUT2D eigenvalue weighted by Gasteiger charge is -2.27. The monoisotopic (exact) mass is 307 g/mol. The summed E-state index contributed by atoms with van der Waals surface area (Å²) in [5.74, 6) is -0.637. The zero-order valence-electron chi connectivity index (χ0n) is 12.4. The van der Waals surface area contributed by atoms with Crippen molar-refractivity contribution in [2.45, 2.75) is 38.0 Å². The Bertz CT molecular complexity index is 726. The van der Waals surface area contributed by atoms with E-state index in [0.29, 0.717) is 29.4 Å². The Morgan fingerprint density at radius 1 is 1.36 bits per heavy atom. The Hall–Kier alpha value is -1.92. The lowest BCUT2D eigenvalue weighted by molar-refractivity contribution is 0.00579. The predicted molar refractivity (Wildman–Crippen MR) is 78.0 cm³/mol. The molecule has 118 valence electrons. The highest BCUT2D eigenvalue weighted by Crippen LogP contribution is 2.29. The van der Waals surface area contributed by atoms with Crippen molar-refractivity contribution in [1.82, 2.24) is 4.90 Å². The summed E-state index contributed by atoms with van der Waals surface area (Å²) >= 11 is 0. The quantitative estimate of drug-likeness (QED) is 0.888. The third-order valence-electron chi connectivity index (χ3n) is 4.46. The molecule has 5 nitrogen and oxygen atoms in total. The lowest BCUT2D eigenvalue weighted by Crippen LogP contribution is -2.44. The number of benzene rings is 1. The predicted octanol–water partition coefficient (Wildman–Crippen LogP) is 1.84. The van der Waals surface area contributed by atoms with E-state index in [0.717, 1.165) is 0 Å². The van der Waals surface area contributed by atoms with Crippen LogP contribution in [0.5, 0.6) is 0 Å². The van der Waals surface area contributed by atoms with Crippen molar-refractivity contribution in [3.05, 3.63) is 35.3 Å². The van der Waals surface area contributed by atoms with Crippen molar-refractivity contribution in [2.75, 3.05) is 7.05 Å². The molecule has 2 N–H and O–H groups in total. The molecule has 6 heteroatoms. The Morgan fingerprint density at radius 2 is 2.09 bits per heavy atom. The maximum Gasteiger partial charge on any atom is 0.289 e. The average Bonchev–Trinajstić information content (AvgIpc) is 2.99. The van der Waals surface area contributed by atoms with E-state index in [1.54, 1.807) is 14.0 Å². The van der Waals surface area contributed by atoms with E-state index < -0.39 is 24.1 Å². The highest BCUT2D eigenvalue weighted by Gasteiger charge is 2.38. The summed E-state index contributed by atoms with van der Waals surface area (Å²) in [4.78, 5) is 14.0. The van der Waals surface area contributed by atoms with Crippen LogP contribution < -0.4 is 0 Å². The Labute approximate surface area is 126 Å². The van der Waals surface area contributed by atoms with E-state index in [-0.39, 0.29) is 11.7 Å². The van der Waals surface area contributed by atoms with Crippen molar-refractivity contribution in [3.8, 4) is 0 Å². The lowest BCUT2D eigenvalue weighted by atomic mass is 10.1. The van der Waals surface area contributed by atoms with Crippen molar-refractivity contribution in [3.63, 3.8) is 0 Å². The topological polar surface area (TPSA) is 73.9 Å². The SMILES string of the molecule is Cc1c(C(=O)N(C)[C@@H]2CC[C@@H](O)[C@@H]2O)oc2ccc(F)cc12. The summed E-state index contributed by atoms with van der Waals surface area (Å²) < 4.78 is 18.9. The molecule has 0 radical (unpaired) electrons. The molecule has 3 atom stereocenters. The van der Waals surface area contributed by atoms with Crippen LogP contribution in [-0.2, 0) is 0 Å². The average molecular weight is 307 g/mol. The van der Waals surface area contributed by atoms with Gasteiger partial charge in [-0.25, -0.2) is 4.39 Å². The normalized spacial score (nSPS) is 24.9. The number of carbonyl (C=O) groups excluding carboxylic acids is 1. The minimum atomic E-state index is -0.962. The number of hydrogen-bond acceptors (Lipinski definition) is 4. The maximum absolute atomic E-state index is 13.3. The van der Waals surface area contributed by atoms with E-state index in [1.807, 2.05) is 0 Å². The molecule has 1 aromatic carbocycles. The molecule has 3 rings (SSSR count). The van der Waals surface area contributed by atoms with Crippen LogP contribution in [0.1, 0.15) is 29.0 Å². The molecule has 1 aromatic heterocycles. The number of carbonyl (C=O) groups is 1. The summed E-state index contributed by atoms with van der Waals surface area (Å²) in [6.07, 6.45) is -0.797. The second kappa shape index (κ2) is 5.37. The molecule has 1 amide bonds. The number of hydrogen-bond donors (Lipinski definition) is 2. The number of aliphatic hydroxyl groups excluding tert-OH is 2. The summed E-state index contributed by atoms with van der Waals surface area (Å²) in [7, 11) is 1.57. The number of halogens is 1. The molecule has 1 aliphatic rings. The van der Waals surface area contributed by atoms with E-state index in [9.17, 15) is 19.4 Å². The largest absolute Gasteiger partial charge is 0.451 e. The summed E-state index contributed by atoms with van der Waals surface area (Å²) in [6.45, 7) is 1.70. The summed E-state index contributed by atoms with van der Waals surface area (Å²) in [5.41, 5.74) is 1.02. The van der Waals surface area contributed by atoms with Gasteiger partial charge in [-0.3, -0.25) is 4.79 Å². The van der Waals surface area contributed by atoms with Crippen molar-refractivity contribution < 1.29 is 23.8 Å². The minimum Gasteiger partial charge on any atom is -0.451 e. The standard InChI is InChI=1S/C16H18FNO4/c1-8-10-7-9(17)3-6-13(10)22-15(8)16(21)18(2)11-4-5-12(19)14(11)20/h3,6-7,11-12,14,19-20H,4-5H2,1-2H3/t11-,12-,14-/m1/s1. The van der Waals surface area contributed by atoms with Crippen molar-refractivity contribution >= 4 is 16.9 Å². The fraction of sp³-hybridized carbons (Fsp3) is 0.438. The van der Waals surface area contributed by atoms with Gasteiger partial charge < -0.3 is 19.5 Å². The molecule has 0 bridgehead atoms. The fourth-order valence-corrected chi connectivity index (χ4v) is 3.07. The van der Waals surface area contributed by atoms with Crippen LogP contribution in [0, 0.1) is 12.7 Å². The maximum atomic E-state index is 13.3. The van der Waals surface area contributed by atoms with E-state index >= 15 is 0 Å². The van der Waals surface area contributed by atoms with Crippen LogP contribution in [0.4, 0.5) is 4.39 Å². The molecular weight excluding hydrogens is 289 g/mol. The number of rotatable bonds is 2. The smallest absolute Gasteiger partial charge is 0.289 e. The number of aryl methyl sites for hydroxylation is 1. The highest BCUT2D eigenvalue weighted by atomic mass is 19.1. The fourth-order valence-electron chi connectivity index (χ4n) is 3.07. The van der Waals surface area contributed by atoms with Crippen LogP contribution in [0.25, 0.3) is 11.0 Å². The number of fused-ring (bicyclic) bond motifs is 1. The molecule has 0 saturated heterocycles. The van der Waals surface area contributed by atoms with Crippen LogP contribution in [0.15, 0.2) is 22.6 Å². The molecule has 1 saturated carbocycles. The second-order valence-electron chi connectivity index (χ2n) is 5.82. The zero-order valence-corrected chi connectivity index (χ0v) is 12.4. The first kappa shape index (κ1) is 15.0. The summed E-state index contributed by atoms with van der Waals surface area (Å²) in [5, 5.41) is 20.1. The van der Waals surface area contributed by atoms with Gasteiger partial charge in [-0.2, -0.15) is 0 Å². The molecule has 0 aliphatic heterocycles. The van der Waals surface area contributed by atoms with Gasteiger partial charge in [-0.15, -0.1) is 0 Å². The Balaban J connectivity index is 1.93. The Kier molecular flexibility index (Phi) is 3.66. The first-order valence-corrected chi connectivity index (χ1v) is 7.22. The van der Waals surface area contributed by atoms with Gasteiger partial charge in [-0.05, 0) is 38.0 Å². The minimum absolute atomic E-state index is 0.136. The van der Waals surface area contributed by atoms with Gasteiger partial charge in [0.2, 0.25) is 0 Å².